The molecule has 0 aliphatic heterocycles. The molecule has 2 fully saturated rings. The summed E-state index contributed by atoms with van der Waals surface area (Å²) in [4.78, 5) is 11.6. The zero-order valence-electron chi connectivity index (χ0n) is 8.15. The van der Waals surface area contributed by atoms with Crippen LogP contribution in [0.25, 0.3) is 0 Å². The van der Waals surface area contributed by atoms with Crippen LogP contribution in [0.2, 0.25) is 0 Å². The smallest absolute Gasteiger partial charge is 0.140 e. The topological polar surface area (TPSA) is 17.1 Å². The maximum atomic E-state index is 11.6. The van der Waals surface area contributed by atoms with E-state index in [1.165, 1.54) is 32.1 Å². The summed E-state index contributed by atoms with van der Waals surface area (Å²) in [5.41, 5.74) is 0.426. The van der Waals surface area contributed by atoms with Gasteiger partial charge in [0.2, 0.25) is 0 Å². The molecule has 0 aromatic carbocycles. The van der Waals surface area contributed by atoms with Crippen molar-refractivity contribution in [1.29, 1.82) is 0 Å². The van der Waals surface area contributed by atoms with Crippen molar-refractivity contribution in [1.82, 2.24) is 0 Å². The Bertz CT molecular complexity index is 209. The van der Waals surface area contributed by atoms with Gasteiger partial charge in [0.15, 0.2) is 0 Å². The molecule has 1 nitrogen and oxygen atoms in total. The molecule has 1 heteroatoms. The highest BCUT2D eigenvalue weighted by Crippen LogP contribution is 2.60. The summed E-state index contributed by atoms with van der Waals surface area (Å²) in [6.45, 7) is 4.53. The number of hydrogen-bond acceptors (Lipinski definition) is 1. The van der Waals surface area contributed by atoms with Crippen LogP contribution < -0.4 is 0 Å². The van der Waals surface area contributed by atoms with E-state index in [9.17, 15) is 4.79 Å². The van der Waals surface area contributed by atoms with Gasteiger partial charge in [-0.05, 0) is 18.3 Å². The van der Waals surface area contributed by atoms with Gasteiger partial charge in [-0.3, -0.25) is 4.79 Å². The molecule has 0 aromatic heterocycles. The fourth-order valence-corrected chi connectivity index (χ4v) is 3.12. The number of carbonyl (C=O) groups excluding carboxylic acids is 1. The lowest BCUT2D eigenvalue weighted by Crippen LogP contribution is -2.56. The second-order valence-electron chi connectivity index (χ2n) is 5.13. The van der Waals surface area contributed by atoms with Crippen molar-refractivity contribution in [3.05, 3.63) is 0 Å². The molecule has 0 bridgehead atoms. The summed E-state index contributed by atoms with van der Waals surface area (Å²) < 4.78 is 0. The van der Waals surface area contributed by atoms with Crippen LogP contribution in [-0.2, 0) is 4.79 Å². The zero-order valence-corrected chi connectivity index (χ0v) is 8.15. The first-order chi connectivity index (χ1) is 5.58. The minimum absolute atomic E-state index is 0.116. The van der Waals surface area contributed by atoms with Crippen LogP contribution in [0, 0.1) is 10.8 Å². The van der Waals surface area contributed by atoms with Crippen molar-refractivity contribution < 1.29 is 4.79 Å². The zero-order chi connectivity index (χ0) is 8.82. The third-order valence-corrected chi connectivity index (χ3v) is 4.14. The average molecular weight is 166 g/mol. The van der Waals surface area contributed by atoms with Crippen LogP contribution in [0.4, 0.5) is 0 Å². The second kappa shape index (κ2) is 2.34. The largest absolute Gasteiger partial charge is 0.299 e. The van der Waals surface area contributed by atoms with E-state index in [0.717, 1.165) is 6.42 Å². The van der Waals surface area contributed by atoms with Gasteiger partial charge in [0.25, 0.3) is 0 Å². The summed E-state index contributed by atoms with van der Waals surface area (Å²) in [6, 6.07) is 0. The first kappa shape index (κ1) is 8.28. The van der Waals surface area contributed by atoms with E-state index in [1.54, 1.807) is 0 Å². The van der Waals surface area contributed by atoms with E-state index in [0.29, 0.717) is 11.2 Å². The van der Waals surface area contributed by atoms with Crippen LogP contribution in [0.5, 0.6) is 0 Å². The van der Waals surface area contributed by atoms with Crippen LogP contribution in [0.3, 0.4) is 0 Å². The van der Waals surface area contributed by atoms with Gasteiger partial charge in [-0.2, -0.15) is 0 Å². The Hall–Kier alpha value is -0.330. The fourth-order valence-electron chi connectivity index (χ4n) is 3.12. The fraction of sp³-hybridized carbons (Fsp3) is 0.909. The van der Waals surface area contributed by atoms with E-state index in [4.69, 9.17) is 0 Å². The second-order valence-corrected chi connectivity index (χ2v) is 5.13. The number of ketones is 1. The van der Waals surface area contributed by atoms with Crippen molar-refractivity contribution in [2.45, 2.75) is 52.4 Å². The predicted molar refractivity (Wildman–Crippen MR) is 48.9 cm³/mol. The molecule has 0 unspecified atom stereocenters. The molecule has 0 atom stereocenters. The number of rotatable bonds is 0. The molecule has 2 rings (SSSR count). The Kier molecular flexibility index (Phi) is 1.61. The Morgan fingerprint density at radius 1 is 1.08 bits per heavy atom. The summed E-state index contributed by atoms with van der Waals surface area (Å²) in [5, 5.41) is 0. The molecule has 0 heterocycles. The minimum Gasteiger partial charge on any atom is -0.299 e. The highest BCUT2D eigenvalue weighted by molar-refractivity contribution is 5.92. The number of hydrogen-bond donors (Lipinski definition) is 0. The Labute approximate surface area is 74.5 Å². The first-order valence-electron chi connectivity index (χ1n) is 5.12. The summed E-state index contributed by atoms with van der Waals surface area (Å²) >= 11 is 0. The van der Waals surface area contributed by atoms with E-state index in [1.807, 2.05) is 0 Å². The van der Waals surface area contributed by atoms with E-state index in [2.05, 4.69) is 13.8 Å². The third kappa shape index (κ3) is 0.826. The Morgan fingerprint density at radius 2 is 1.67 bits per heavy atom. The summed E-state index contributed by atoms with van der Waals surface area (Å²) in [7, 11) is 0. The lowest BCUT2D eigenvalue weighted by atomic mass is 9.46. The molecule has 12 heavy (non-hydrogen) atoms. The summed E-state index contributed by atoms with van der Waals surface area (Å²) in [5.74, 6) is 0.548. The molecule has 2 saturated carbocycles. The highest BCUT2D eigenvalue weighted by atomic mass is 16.1. The van der Waals surface area contributed by atoms with Gasteiger partial charge >= 0.3 is 0 Å². The van der Waals surface area contributed by atoms with Crippen molar-refractivity contribution in [3.8, 4) is 0 Å². The van der Waals surface area contributed by atoms with Crippen molar-refractivity contribution in [2.24, 2.45) is 10.8 Å². The molecule has 0 N–H and O–H groups in total. The van der Waals surface area contributed by atoms with Crippen molar-refractivity contribution >= 4 is 5.78 Å². The van der Waals surface area contributed by atoms with Gasteiger partial charge in [-0.1, -0.05) is 33.1 Å². The lowest BCUT2D eigenvalue weighted by Gasteiger charge is -2.56. The van der Waals surface area contributed by atoms with Crippen LogP contribution in [-0.4, -0.2) is 5.78 Å². The van der Waals surface area contributed by atoms with E-state index < -0.39 is 0 Å². The number of Topliss-reactive ketones (excluding diaryl/α,β-unsaturated/α-hetero) is 1. The van der Waals surface area contributed by atoms with Gasteiger partial charge in [0.1, 0.15) is 5.78 Å². The van der Waals surface area contributed by atoms with E-state index in [-0.39, 0.29) is 5.41 Å². The first-order valence-corrected chi connectivity index (χ1v) is 5.12. The molecule has 68 valence electrons. The molecular formula is C11H18O. The van der Waals surface area contributed by atoms with Gasteiger partial charge in [-0.25, -0.2) is 0 Å². The monoisotopic (exact) mass is 166 g/mol. The molecule has 0 aromatic rings. The van der Waals surface area contributed by atoms with Crippen LogP contribution in [0.15, 0.2) is 0 Å². The Balaban J connectivity index is 2.22. The molecule has 0 saturated heterocycles. The Morgan fingerprint density at radius 3 is 2.00 bits per heavy atom. The molecule has 2 aliphatic carbocycles. The third-order valence-electron chi connectivity index (χ3n) is 4.14. The quantitative estimate of drug-likeness (QED) is 0.540. The van der Waals surface area contributed by atoms with Crippen molar-refractivity contribution in [3.63, 3.8) is 0 Å². The molecule has 0 amide bonds. The van der Waals surface area contributed by atoms with E-state index >= 15 is 0 Å². The standard InChI is InChI=1S/C11H18O/c1-10(2)8-9(12)11(10)6-4-3-5-7-11/h3-8H2,1-2H3. The molecule has 1 spiro atoms. The SMILES string of the molecule is CC1(C)CC(=O)C12CCCCC2. The van der Waals surface area contributed by atoms with Gasteiger partial charge < -0.3 is 0 Å². The van der Waals surface area contributed by atoms with Gasteiger partial charge in [0.05, 0.1) is 0 Å². The highest BCUT2D eigenvalue weighted by Gasteiger charge is 2.59. The van der Waals surface area contributed by atoms with Crippen molar-refractivity contribution in [2.75, 3.05) is 0 Å². The lowest BCUT2D eigenvalue weighted by molar-refractivity contribution is -0.161. The predicted octanol–water partition coefficient (Wildman–Crippen LogP) is 2.94. The summed E-state index contributed by atoms with van der Waals surface area (Å²) in [6.07, 6.45) is 7.04. The molecule has 0 radical (unpaired) electrons. The average Bonchev–Trinajstić information content (AvgIpc) is 2.05. The maximum absolute atomic E-state index is 11.6. The van der Waals surface area contributed by atoms with Crippen LogP contribution >= 0.6 is 0 Å². The minimum atomic E-state index is 0.116. The van der Waals surface area contributed by atoms with Crippen LogP contribution in [0.1, 0.15) is 52.4 Å². The normalized spacial score (nSPS) is 31.7. The number of carbonyl (C=O) groups is 1. The maximum Gasteiger partial charge on any atom is 0.140 e. The van der Waals surface area contributed by atoms with Gasteiger partial charge in [-0.15, -0.1) is 0 Å². The van der Waals surface area contributed by atoms with Gasteiger partial charge in [0, 0.05) is 11.8 Å². The molecular weight excluding hydrogens is 148 g/mol. The molecule has 2 aliphatic rings.